The Bertz CT molecular complexity index is 571. The van der Waals surface area contributed by atoms with E-state index in [2.05, 4.69) is 15.3 Å². The Balaban J connectivity index is 2.52. The van der Waals surface area contributed by atoms with Crippen LogP contribution in [0.4, 0.5) is 21.7 Å². The summed E-state index contributed by atoms with van der Waals surface area (Å²) in [7, 11) is 1.80. The summed E-state index contributed by atoms with van der Waals surface area (Å²) in [6, 6.07) is 6.70. The number of anilines is 3. The van der Waals surface area contributed by atoms with Crippen molar-refractivity contribution in [2.75, 3.05) is 23.8 Å². The Morgan fingerprint density at radius 1 is 1.26 bits per heavy atom. The molecule has 0 aliphatic heterocycles. The fourth-order valence-electron chi connectivity index (χ4n) is 2.07. The minimum Gasteiger partial charge on any atom is -0.373 e. The molecule has 100 valence electrons. The third-order valence-electron chi connectivity index (χ3n) is 3.01. The van der Waals surface area contributed by atoms with Crippen molar-refractivity contribution < 1.29 is 4.39 Å². The van der Waals surface area contributed by atoms with Crippen LogP contribution in [0.2, 0.25) is 0 Å². The normalized spacial score (nSPS) is 10.3. The van der Waals surface area contributed by atoms with Crippen LogP contribution in [0.25, 0.3) is 0 Å². The van der Waals surface area contributed by atoms with Crippen LogP contribution >= 0.6 is 0 Å². The highest BCUT2D eigenvalue weighted by Gasteiger charge is 2.16. The summed E-state index contributed by atoms with van der Waals surface area (Å²) < 4.78 is 13.9. The first-order valence-corrected chi connectivity index (χ1v) is 6.20. The van der Waals surface area contributed by atoms with Gasteiger partial charge in [0, 0.05) is 19.2 Å². The number of rotatable bonds is 4. The highest BCUT2D eigenvalue weighted by Crippen LogP contribution is 2.30. The van der Waals surface area contributed by atoms with Gasteiger partial charge in [0.1, 0.15) is 23.8 Å². The second-order valence-electron chi connectivity index (χ2n) is 4.12. The lowest BCUT2D eigenvalue weighted by molar-refractivity contribution is 0.625. The molecule has 1 N–H and O–H groups in total. The highest BCUT2D eigenvalue weighted by molar-refractivity contribution is 5.67. The topological polar surface area (TPSA) is 41.1 Å². The number of benzene rings is 1. The third kappa shape index (κ3) is 2.50. The fourth-order valence-corrected chi connectivity index (χ4v) is 2.07. The van der Waals surface area contributed by atoms with E-state index in [1.54, 1.807) is 19.2 Å². The van der Waals surface area contributed by atoms with Crippen molar-refractivity contribution in [1.82, 2.24) is 9.97 Å². The summed E-state index contributed by atoms with van der Waals surface area (Å²) in [6.45, 7) is 4.51. The Hall–Kier alpha value is -2.17. The zero-order chi connectivity index (χ0) is 13.8. The number of aromatic nitrogens is 2. The van der Waals surface area contributed by atoms with Gasteiger partial charge < -0.3 is 10.2 Å². The number of halogens is 1. The average Bonchev–Trinajstić information content (AvgIpc) is 2.43. The molecule has 0 bridgehead atoms. The lowest BCUT2D eigenvalue weighted by Crippen LogP contribution is -2.20. The average molecular weight is 260 g/mol. The molecule has 2 rings (SSSR count). The molecule has 0 spiro atoms. The lowest BCUT2D eigenvalue weighted by Gasteiger charge is -2.24. The van der Waals surface area contributed by atoms with Crippen LogP contribution in [-0.2, 0) is 0 Å². The van der Waals surface area contributed by atoms with E-state index in [4.69, 9.17) is 0 Å². The quantitative estimate of drug-likeness (QED) is 0.917. The molecule has 0 unspecified atom stereocenters. The van der Waals surface area contributed by atoms with Crippen molar-refractivity contribution in [3.63, 3.8) is 0 Å². The van der Waals surface area contributed by atoms with Crippen LogP contribution in [-0.4, -0.2) is 23.6 Å². The first kappa shape index (κ1) is 13.3. The van der Waals surface area contributed by atoms with Crippen LogP contribution in [0.5, 0.6) is 0 Å². The van der Waals surface area contributed by atoms with Gasteiger partial charge in [-0.15, -0.1) is 0 Å². The van der Waals surface area contributed by atoms with Crippen molar-refractivity contribution in [1.29, 1.82) is 0 Å². The summed E-state index contributed by atoms with van der Waals surface area (Å²) in [5.41, 5.74) is 1.42. The van der Waals surface area contributed by atoms with Crippen molar-refractivity contribution >= 4 is 17.3 Å². The summed E-state index contributed by atoms with van der Waals surface area (Å²) in [5.74, 6) is 1.21. The Labute approximate surface area is 112 Å². The molecule has 0 saturated carbocycles. The van der Waals surface area contributed by atoms with Crippen LogP contribution in [0, 0.1) is 12.7 Å². The van der Waals surface area contributed by atoms with Crippen LogP contribution in [0.1, 0.15) is 12.5 Å². The van der Waals surface area contributed by atoms with Gasteiger partial charge in [-0.05, 0) is 26.0 Å². The van der Waals surface area contributed by atoms with Crippen LogP contribution < -0.4 is 10.2 Å². The van der Waals surface area contributed by atoms with Crippen LogP contribution in [0.15, 0.2) is 30.6 Å². The Kier molecular flexibility index (Phi) is 3.94. The second-order valence-corrected chi connectivity index (χ2v) is 4.12. The minimum atomic E-state index is -0.256. The lowest BCUT2D eigenvalue weighted by atomic mass is 10.2. The van der Waals surface area contributed by atoms with E-state index in [9.17, 15) is 4.39 Å². The summed E-state index contributed by atoms with van der Waals surface area (Å²) in [5, 5.41) is 3.01. The van der Waals surface area contributed by atoms with Gasteiger partial charge >= 0.3 is 0 Å². The zero-order valence-corrected chi connectivity index (χ0v) is 11.3. The van der Waals surface area contributed by atoms with E-state index in [-0.39, 0.29) is 5.82 Å². The molecule has 19 heavy (non-hydrogen) atoms. The number of nitrogens with zero attached hydrogens (tertiary/aromatic N) is 3. The molecule has 1 aromatic heterocycles. The number of para-hydroxylation sites is 1. The highest BCUT2D eigenvalue weighted by atomic mass is 19.1. The van der Waals surface area contributed by atoms with E-state index >= 15 is 0 Å². The zero-order valence-electron chi connectivity index (χ0n) is 11.3. The molecule has 0 amide bonds. The standard InChI is InChI=1S/C14H17FN4/c1-4-19(12-8-6-5-7-11(12)15)14-10(2)13(16-3)17-9-18-14/h5-9H,4H2,1-3H3,(H,16,17,18). The molecule has 5 heteroatoms. The molecular formula is C14H17FN4. The Morgan fingerprint density at radius 3 is 2.63 bits per heavy atom. The van der Waals surface area contributed by atoms with Gasteiger partial charge in [0.15, 0.2) is 0 Å². The van der Waals surface area contributed by atoms with Crippen molar-refractivity contribution in [2.24, 2.45) is 0 Å². The first-order valence-electron chi connectivity index (χ1n) is 6.20. The smallest absolute Gasteiger partial charge is 0.146 e. The number of hydrogen-bond donors (Lipinski definition) is 1. The minimum absolute atomic E-state index is 0.256. The van der Waals surface area contributed by atoms with Gasteiger partial charge in [0.2, 0.25) is 0 Å². The summed E-state index contributed by atoms with van der Waals surface area (Å²) in [4.78, 5) is 10.3. The predicted molar refractivity (Wildman–Crippen MR) is 75.4 cm³/mol. The van der Waals surface area contributed by atoms with E-state index in [1.165, 1.54) is 12.4 Å². The molecule has 0 fully saturated rings. The molecule has 1 heterocycles. The Morgan fingerprint density at radius 2 is 2.00 bits per heavy atom. The van der Waals surface area contributed by atoms with Gasteiger partial charge in [0.05, 0.1) is 5.69 Å². The number of hydrogen-bond acceptors (Lipinski definition) is 4. The van der Waals surface area contributed by atoms with E-state index in [0.717, 1.165) is 11.4 Å². The molecule has 1 aromatic carbocycles. The maximum atomic E-state index is 13.9. The SMILES string of the molecule is CCN(c1ccccc1F)c1ncnc(NC)c1C. The van der Waals surface area contributed by atoms with Gasteiger partial charge in [-0.2, -0.15) is 0 Å². The van der Waals surface area contributed by atoms with Gasteiger partial charge in [0.25, 0.3) is 0 Å². The molecule has 2 aromatic rings. The monoisotopic (exact) mass is 260 g/mol. The summed E-state index contributed by atoms with van der Waals surface area (Å²) in [6.07, 6.45) is 1.48. The maximum Gasteiger partial charge on any atom is 0.146 e. The van der Waals surface area contributed by atoms with Crippen LogP contribution in [0.3, 0.4) is 0 Å². The van der Waals surface area contributed by atoms with Crippen molar-refractivity contribution in [2.45, 2.75) is 13.8 Å². The van der Waals surface area contributed by atoms with Crippen molar-refractivity contribution in [3.05, 3.63) is 42.0 Å². The molecular weight excluding hydrogens is 243 g/mol. The maximum absolute atomic E-state index is 13.9. The third-order valence-corrected chi connectivity index (χ3v) is 3.01. The van der Waals surface area contributed by atoms with Gasteiger partial charge in [-0.25, -0.2) is 14.4 Å². The second kappa shape index (κ2) is 5.65. The van der Waals surface area contributed by atoms with Crippen molar-refractivity contribution in [3.8, 4) is 0 Å². The molecule has 0 aliphatic rings. The predicted octanol–water partition coefficient (Wildman–Crippen LogP) is 3.12. The van der Waals surface area contributed by atoms with E-state index < -0.39 is 0 Å². The molecule has 0 atom stereocenters. The van der Waals surface area contributed by atoms with Gasteiger partial charge in [-0.3, -0.25) is 0 Å². The number of nitrogens with one attached hydrogen (secondary N) is 1. The largest absolute Gasteiger partial charge is 0.373 e. The first-order chi connectivity index (χ1) is 9.19. The summed E-state index contributed by atoms with van der Waals surface area (Å²) >= 11 is 0. The molecule has 0 aliphatic carbocycles. The molecule has 4 nitrogen and oxygen atoms in total. The molecule has 0 saturated heterocycles. The van der Waals surface area contributed by atoms with E-state index in [1.807, 2.05) is 24.8 Å². The molecule has 0 radical (unpaired) electrons. The van der Waals surface area contributed by atoms with Gasteiger partial charge in [-0.1, -0.05) is 12.1 Å². The fraction of sp³-hybridized carbons (Fsp3) is 0.286. The van der Waals surface area contributed by atoms with E-state index in [0.29, 0.717) is 18.1 Å².